The number of alkyl halides is 3. The van der Waals surface area contributed by atoms with Crippen molar-refractivity contribution >= 4 is 11.7 Å². The number of aromatic nitrogens is 1. The van der Waals surface area contributed by atoms with E-state index in [1.165, 1.54) is 49.8 Å². The number of halogens is 3. The first kappa shape index (κ1) is 27.9. The average molecular weight is 499 g/mol. The van der Waals surface area contributed by atoms with Crippen molar-refractivity contribution in [2.75, 3.05) is 63.9 Å². The van der Waals surface area contributed by atoms with E-state index in [1.807, 2.05) is 0 Å². The number of likely N-dealkylation sites (tertiary alicyclic amines) is 2. The molecule has 2 aliphatic heterocycles. The van der Waals surface area contributed by atoms with E-state index in [2.05, 4.69) is 28.6 Å². The molecule has 0 radical (unpaired) electrons. The SMILES string of the molecule is CCC(=O)N(CCCCOCCCN1CC2CN(CC(C)C)CC2C1)c1cccc(C(F)(F)F)n1. The maximum absolute atomic E-state index is 13.0. The lowest BCUT2D eigenvalue weighted by Crippen LogP contribution is -2.32. The molecule has 0 aliphatic carbocycles. The van der Waals surface area contributed by atoms with Gasteiger partial charge in [-0.1, -0.05) is 26.8 Å². The number of hydrogen-bond acceptors (Lipinski definition) is 5. The number of unbranched alkanes of at least 4 members (excludes halogenated alkanes) is 1. The largest absolute Gasteiger partial charge is 0.433 e. The first-order chi connectivity index (χ1) is 16.7. The number of fused-ring (bicyclic) bond motifs is 1. The van der Waals surface area contributed by atoms with E-state index < -0.39 is 11.9 Å². The zero-order valence-electron chi connectivity index (χ0n) is 21.4. The molecule has 6 nitrogen and oxygen atoms in total. The Morgan fingerprint density at radius 1 is 1.09 bits per heavy atom. The van der Waals surface area contributed by atoms with Crippen molar-refractivity contribution in [3.05, 3.63) is 23.9 Å². The highest BCUT2D eigenvalue weighted by molar-refractivity contribution is 5.92. The number of amides is 1. The highest BCUT2D eigenvalue weighted by atomic mass is 19.4. The minimum Gasteiger partial charge on any atom is -0.381 e. The van der Waals surface area contributed by atoms with E-state index in [4.69, 9.17) is 4.74 Å². The molecule has 35 heavy (non-hydrogen) atoms. The molecule has 2 saturated heterocycles. The van der Waals surface area contributed by atoms with Gasteiger partial charge >= 0.3 is 6.18 Å². The van der Waals surface area contributed by atoms with Crippen LogP contribution in [0.25, 0.3) is 0 Å². The Kier molecular flexibility index (Phi) is 10.4. The number of hydrogen-bond donors (Lipinski definition) is 0. The molecule has 2 unspecified atom stereocenters. The standard InChI is InChI=1S/C26H41F3N4O2/c1-4-25(34)33(24-10-7-9-23(30-24)26(27,28)29)12-5-6-13-35-14-8-11-31-16-21-18-32(15-20(2)3)19-22(21)17-31/h7,9-10,20-22H,4-6,8,11-19H2,1-3H3. The van der Waals surface area contributed by atoms with Crippen LogP contribution in [0.15, 0.2) is 18.2 Å². The van der Waals surface area contributed by atoms with Crippen molar-refractivity contribution < 1.29 is 22.7 Å². The predicted molar refractivity (Wildman–Crippen MR) is 131 cm³/mol. The van der Waals surface area contributed by atoms with Crippen molar-refractivity contribution in [2.24, 2.45) is 17.8 Å². The third-order valence-electron chi connectivity index (χ3n) is 6.85. The van der Waals surface area contributed by atoms with Crippen molar-refractivity contribution in [3.63, 3.8) is 0 Å². The maximum Gasteiger partial charge on any atom is 0.433 e. The minimum atomic E-state index is -4.53. The highest BCUT2D eigenvalue weighted by Crippen LogP contribution is 2.31. The fourth-order valence-electron chi connectivity index (χ4n) is 5.29. The fourth-order valence-corrected chi connectivity index (χ4v) is 5.29. The molecule has 2 aliphatic rings. The third-order valence-corrected chi connectivity index (χ3v) is 6.85. The van der Waals surface area contributed by atoms with Crippen molar-refractivity contribution in [1.82, 2.24) is 14.8 Å². The van der Waals surface area contributed by atoms with Crippen LogP contribution < -0.4 is 4.90 Å². The lowest BCUT2D eigenvalue weighted by Gasteiger charge is -2.22. The first-order valence-corrected chi connectivity index (χ1v) is 13.0. The van der Waals surface area contributed by atoms with Crippen LogP contribution in [-0.2, 0) is 15.7 Å². The molecule has 1 aromatic heterocycles. The molecule has 3 heterocycles. The number of pyridine rings is 1. The molecule has 0 saturated carbocycles. The van der Waals surface area contributed by atoms with Gasteiger partial charge in [-0.25, -0.2) is 4.98 Å². The molecule has 3 rings (SSSR count). The zero-order chi connectivity index (χ0) is 25.4. The minimum absolute atomic E-state index is 0.0512. The molecular formula is C26H41F3N4O2. The van der Waals surface area contributed by atoms with Gasteiger partial charge in [0.05, 0.1) is 0 Å². The summed E-state index contributed by atoms with van der Waals surface area (Å²) in [4.78, 5) is 22.5. The molecule has 1 aromatic rings. The molecule has 1 amide bonds. The molecule has 0 spiro atoms. The number of carbonyl (C=O) groups excluding carboxylic acids is 1. The Labute approximate surface area is 207 Å². The number of nitrogens with zero attached hydrogens (tertiary/aromatic N) is 4. The van der Waals surface area contributed by atoms with E-state index in [0.717, 1.165) is 43.2 Å². The molecule has 2 atom stereocenters. The van der Waals surface area contributed by atoms with Gasteiger partial charge in [-0.2, -0.15) is 13.2 Å². The lowest BCUT2D eigenvalue weighted by molar-refractivity contribution is -0.141. The van der Waals surface area contributed by atoms with Gasteiger partial charge in [0, 0.05) is 65.4 Å². The first-order valence-electron chi connectivity index (χ1n) is 13.0. The molecule has 0 bridgehead atoms. The fraction of sp³-hybridized carbons (Fsp3) is 0.769. The van der Waals surface area contributed by atoms with E-state index >= 15 is 0 Å². The zero-order valence-corrected chi connectivity index (χ0v) is 21.4. The smallest absolute Gasteiger partial charge is 0.381 e. The number of rotatable bonds is 13. The van der Waals surface area contributed by atoms with Crippen LogP contribution >= 0.6 is 0 Å². The molecule has 2 fully saturated rings. The molecule has 198 valence electrons. The summed E-state index contributed by atoms with van der Waals surface area (Å²) in [6, 6.07) is 3.66. The summed E-state index contributed by atoms with van der Waals surface area (Å²) in [5.41, 5.74) is -0.984. The summed E-state index contributed by atoms with van der Waals surface area (Å²) >= 11 is 0. The lowest BCUT2D eigenvalue weighted by atomic mass is 10.0. The summed E-state index contributed by atoms with van der Waals surface area (Å²) < 4.78 is 44.8. The van der Waals surface area contributed by atoms with Crippen LogP contribution in [0.4, 0.5) is 19.0 Å². The Hall–Kier alpha value is -1.71. The second kappa shape index (κ2) is 13.0. The quantitative estimate of drug-likeness (QED) is 0.374. The summed E-state index contributed by atoms with van der Waals surface area (Å²) in [5.74, 6) is 2.18. The topological polar surface area (TPSA) is 48.9 Å². The average Bonchev–Trinajstić information content (AvgIpc) is 3.34. The van der Waals surface area contributed by atoms with Gasteiger partial charge in [-0.05, 0) is 49.1 Å². The summed E-state index contributed by atoms with van der Waals surface area (Å²) in [5, 5.41) is 0. The molecular weight excluding hydrogens is 457 g/mol. The number of ether oxygens (including phenoxy) is 1. The van der Waals surface area contributed by atoms with E-state index in [-0.39, 0.29) is 18.1 Å². The van der Waals surface area contributed by atoms with E-state index in [9.17, 15) is 18.0 Å². The van der Waals surface area contributed by atoms with Crippen molar-refractivity contribution in [1.29, 1.82) is 0 Å². The van der Waals surface area contributed by atoms with Crippen LogP contribution in [0.2, 0.25) is 0 Å². The van der Waals surface area contributed by atoms with Gasteiger partial charge in [-0.3, -0.25) is 9.69 Å². The van der Waals surface area contributed by atoms with Gasteiger partial charge < -0.3 is 14.5 Å². The Morgan fingerprint density at radius 3 is 2.37 bits per heavy atom. The van der Waals surface area contributed by atoms with E-state index in [1.54, 1.807) is 6.92 Å². The second-order valence-electron chi connectivity index (χ2n) is 10.3. The van der Waals surface area contributed by atoms with Crippen LogP contribution in [0.3, 0.4) is 0 Å². The van der Waals surface area contributed by atoms with Gasteiger partial charge in [0.2, 0.25) is 5.91 Å². The van der Waals surface area contributed by atoms with Crippen LogP contribution in [0.5, 0.6) is 0 Å². The summed E-state index contributed by atoms with van der Waals surface area (Å²) in [7, 11) is 0. The highest BCUT2D eigenvalue weighted by Gasteiger charge is 2.39. The number of anilines is 1. The molecule has 0 N–H and O–H groups in total. The molecule has 0 aromatic carbocycles. The maximum atomic E-state index is 13.0. The Bertz CT molecular complexity index is 791. The van der Waals surface area contributed by atoms with Gasteiger partial charge in [0.15, 0.2) is 0 Å². The second-order valence-corrected chi connectivity index (χ2v) is 10.3. The monoisotopic (exact) mass is 498 g/mol. The normalized spacial score (nSPS) is 21.1. The Balaban J connectivity index is 1.29. The van der Waals surface area contributed by atoms with Crippen LogP contribution in [0.1, 0.15) is 52.1 Å². The third kappa shape index (κ3) is 8.43. The van der Waals surface area contributed by atoms with Gasteiger partial charge in [0.1, 0.15) is 11.5 Å². The van der Waals surface area contributed by atoms with Gasteiger partial charge in [0.25, 0.3) is 0 Å². The van der Waals surface area contributed by atoms with Gasteiger partial charge in [-0.15, -0.1) is 0 Å². The van der Waals surface area contributed by atoms with E-state index in [0.29, 0.717) is 26.2 Å². The van der Waals surface area contributed by atoms with Crippen LogP contribution in [-0.4, -0.2) is 79.7 Å². The van der Waals surface area contributed by atoms with Crippen molar-refractivity contribution in [3.8, 4) is 0 Å². The predicted octanol–water partition coefficient (Wildman–Crippen LogP) is 4.55. The summed E-state index contributed by atoms with van der Waals surface area (Å²) in [6.07, 6.45) is -1.93. The molecule has 9 heteroatoms. The Morgan fingerprint density at radius 2 is 1.74 bits per heavy atom. The van der Waals surface area contributed by atoms with Crippen molar-refractivity contribution in [2.45, 2.75) is 52.6 Å². The number of carbonyl (C=O) groups is 1. The van der Waals surface area contributed by atoms with Crippen LogP contribution in [0, 0.1) is 17.8 Å². The summed E-state index contributed by atoms with van der Waals surface area (Å²) in [6.45, 7) is 15.0.